The second-order valence-corrected chi connectivity index (χ2v) is 4.48. The number of halogens is 1. The van der Waals surface area contributed by atoms with Gasteiger partial charge in [0.1, 0.15) is 10.4 Å². The first-order valence-electron chi connectivity index (χ1n) is 4.75. The largest absolute Gasteiger partial charge is 0.300 e. The van der Waals surface area contributed by atoms with Crippen LogP contribution in [-0.2, 0) is 4.79 Å². The van der Waals surface area contributed by atoms with Crippen molar-refractivity contribution in [1.82, 2.24) is 14.8 Å². The number of aromatic nitrogens is 3. The highest BCUT2D eigenvalue weighted by Gasteiger charge is 2.30. The quantitative estimate of drug-likeness (QED) is 0.794. The molecular formula is C10H8BrN3O. The first-order valence-corrected chi connectivity index (χ1v) is 5.54. The Morgan fingerprint density at radius 1 is 1.47 bits per heavy atom. The molecule has 0 amide bonds. The molecule has 0 spiro atoms. The molecule has 0 aromatic carbocycles. The van der Waals surface area contributed by atoms with Crippen LogP contribution < -0.4 is 0 Å². The third-order valence-corrected chi connectivity index (χ3v) is 3.32. The number of nitrogens with zero attached hydrogens (tertiary/aromatic N) is 3. The molecule has 1 fully saturated rings. The molecule has 76 valence electrons. The van der Waals surface area contributed by atoms with Crippen molar-refractivity contribution in [2.75, 3.05) is 0 Å². The van der Waals surface area contributed by atoms with E-state index < -0.39 is 0 Å². The lowest BCUT2D eigenvalue weighted by atomic mass is 9.91. The van der Waals surface area contributed by atoms with E-state index in [1.54, 1.807) is 12.4 Å². The smallest absolute Gasteiger partial charge is 0.137 e. The van der Waals surface area contributed by atoms with Gasteiger partial charge in [-0.3, -0.25) is 14.5 Å². The van der Waals surface area contributed by atoms with Crippen molar-refractivity contribution in [3.05, 3.63) is 23.1 Å². The zero-order valence-electron chi connectivity index (χ0n) is 7.85. The molecule has 1 aliphatic rings. The van der Waals surface area contributed by atoms with E-state index in [9.17, 15) is 4.79 Å². The average Bonchev–Trinajstić information content (AvgIpc) is 2.52. The third-order valence-electron chi connectivity index (χ3n) is 2.74. The van der Waals surface area contributed by atoms with Gasteiger partial charge in [0.15, 0.2) is 0 Å². The van der Waals surface area contributed by atoms with Crippen molar-refractivity contribution < 1.29 is 4.79 Å². The number of carbonyl (C=O) groups is 1. The third kappa shape index (κ3) is 1.30. The van der Waals surface area contributed by atoms with Crippen molar-refractivity contribution in [2.45, 2.75) is 18.9 Å². The summed E-state index contributed by atoms with van der Waals surface area (Å²) in [5.74, 6) is 0.314. The Hall–Kier alpha value is -1.23. The summed E-state index contributed by atoms with van der Waals surface area (Å²) in [7, 11) is 0. The molecule has 0 radical (unpaired) electrons. The maximum absolute atomic E-state index is 11.0. The molecular weight excluding hydrogens is 258 g/mol. The van der Waals surface area contributed by atoms with E-state index in [2.05, 4.69) is 26.0 Å². The van der Waals surface area contributed by atoms with Gasteiger partial charge >= 0.3 is 0 Å². The molecule has 0 unspecified atom stereocenters. The number of pyridine rings is 1. The highest BCUT2D eigenvalue weighted by Crippen LogP contribution is 2.33. The number of hydrogen-bond acceptors (Lipinski definition) is 3. The van der Waals surface area contributed by atoms with Crippen LogP contribution >= 0.6 is 15.9 Å². The monoisotopic (exact) mass is 265 g/mol. The van der Waals surface area contributed by atoms with Gasteiger partial charge in [0.05, 0.1) is 16.9 Å². The van der Waals surface area contributed by atoms with Gasteiger partial charge < -0.3 is 0 Å². The molecule has 0 aliphatic heterocycles. The van der Waals surface area contributed by atoms with Crippen LogP contribution in [0.3, 0.4) is 0 Å². The highest BCUT2D eigenvalue weighted by molar-refractivity contribution is 9.10. The predicted molar refractivity (Wildman–Crippen MR) is 58.5 cm³/mol. The molecule has 1 aliphatic carbocycles. The topological polar surface area (TPSA) is 47.8 Å². The summed E-state index contributed by atoms with van der Waals surface area (Å²) in [4.78, 5) is 15.0. The fourth-order valence-electron chi connectivity index (χ4n) is 1.87. The summed E-state index contributed by atoms with van der Waals surface area (Å²) in [5.41, 5.74) is 1.04. The Morgan fingerprint density at radius 3 is 3.00 bits per heavy atom. The van der Waals surface area contributed by atoms with Gasteiger partial charge in [0.25, 0.3) is 0 Å². The van der Waals surface area contributed by atoms with E-state index in [4.69, 9.17) is 0 Å². The van der Waals surface area contributed by atoms with Gasteiger partial charge in [0.2, 0.25) is 0 Å². The van der Waals surface area contributed by atoms with Crippen LogP contribution in [0.1, 0.15) is 18.9 Å². The Bertz CT molecular complexity index is 541. The van der Waals surface area contributed by atoms with E-state index in [0.717, 1.165) is 15.5 Å². The lowest BCUT2D eigenvalue weighted by molar-refractivity contribution is -0.126. The minimum absolute atomic E-state index is 0.230. The van der Waals surface area contributed by atoms with Crippen molar-refractivity contribution in [2.24, 2.45) is 0 Å². The average molecular weight is 266 g/mol. The Morgan fingerprint density at radius 2 is 2.27 bits per heavy atom. The van der Waals surface area contributed by atoms with Crippen LogP contribution in [-0.4, -0.2) is 20.5 Å². The molecule has 0 N–H and O–H groups in total. The van der Waals surface area contributed by atoms with Crippen molar-refractivity contribution >= 4 is 32.6 Å². The summed E-state index contributed by atoms with van der Waals surface area (Å²) >= 11 is 3.40. The summed E-state index contributed by atoms with van der Waals surface area (Å²) in [5, 5.41) is 5.38. The van der Waals surface area contributed by atoms with Crippen molar-refractivity contribution in [1.29, 1.82) is 0 Å². The highest BCUT2D eigenvalue weighted by atomic mass is 79.9. The number of ketones is 1. The molecule has 0 bridgehead atoms. The van der Waals surface area contributed by atoms with E-state index in [1.807, 2.05) is 10.7 Å². The molecule has 2 aromatic heterocycles. The number of rotatable bonds is 1. The minimum Gasteiger partial charge on any atom is -0.300 e. The molecule has 0 atom stereocenters. The standard InChI is InChI=1S/C10H8BrN3O/c11-10-8-5-12-2-1-9(8)14(13-10)6-3-7(15)4-6/h1-2,5-6H,3-4H2. The van der Waals surface area contributed by atoms with Gasteiger partial charge in [0, 0.05) is 25.2 Å². The maximum Gasteiger partial charge on any atom is 0.137 e. The first-order chi connectivity index (χ1) is 7.25. The van der Waals surface area contributed by atoms with Gasteiger partial charge in [-0.15, -0.1) is 0 Å². The molecule has 5 heteroatoms. The zero-order valence-corrected chi connectivity index (χ0v) is 9.44. The molecule has 0 saturated heterocycles. The van der Waals surface area contributed by atoms with Crippen molar-refractivity contribution in [3.63, 3.8) is 0 Å². The van der Waals surface area contributed by atoms with Crippen LogP contribution in [0, 0.1) is 0 Å². The summed E-state index contributed by atoms with van der Waals surface area (Å²) in [6, 6.07) is 2.16. The Balaban J connectivity index is 2.15. The van der Waals surface area contributed by atoms with Gasteiger partial charge in [-0.05, 0) is 22.0 Å². The molecule has 2 heterocycles. The lowest BCUT2D eigenvalue weighted by Crippen LogP contribution is -2.27. The second-order valence-electron chi connectivity index (χ2n) is 3.73. The fourth-order valence-corrected chi connectivity index (χ4v) is 2.34. The van der Waals surface area contributed by atoms with Gasteiger partial charge in [-0.25, -0.2) is 0 Å². The number of Topliss-reactive ketones (excluding diaryl/α,β-unsaturated/α-hetero) is 1. The number of hydrogen-bond donors (Lipinski definition) is 0. The number of fused-ring (bicyclic) bond motifs is 1. The zero-order chi connectivity index (χ0) is 10.4. The Labute approximate surface area is 94.4 Å². The van der Waals surface area contributed by atoms with E-state index >= 15 is 0 Å². The van der Waals surface area contributed by atoms with E-state index in [1.165, 1.54) is 0 Å². The Kier molecular flexibility index (Phi) is 1.88. The summed E-state index contributed by atoms with van der Waals surface area (Å²) in [6.07, 6.45) is 4.73. The fraction of sp³-hybridized carbons (Fsp3) is 0.300. The predicted octanol–water partition coefficient (Wildman–Crippen LogP) is 2.10. The van der Waals surface area contributed by atoms with Crippen LogP contribution in [0.5, 0.6) is 0 Å². The van der Waals surface area contributed by atoms with Crippen molar-refractivity contribution in [3.8, 4) is 0 Å². The van der Waals surface area contributed by atoms with Crippen LogP contribution in [0.2, 0.25) is 0 Å². The summed E-state index contributed by atoms with van der Waals surface area (Å²) < 4.78 is 2.72. The summed E-state index contributed by atoms with van der Waals surface area (Å²) in [6.45, 7) is 0. The molecule has 4 nitrogen and oxygen atoms in total. The second kappa shape index (κ2) is 3.13. The molecule has 1 saturated carbocycles. The minimum atomic E-state index is 0.230. The lowest BCUT2D eigenvalue weighted by Gasteiger charge is -2.24. The van der Waals surface area contributed by atoms with E-state index in [0.29, 0.717) is 18.6 Å². The maximum atomic E-state index is 11.0. The van der Waals surface area contributed by atoms with Gasteiger partial charge in [-0.1, -0.05) is 0 Å². The van der Waals surface area contributed by atoms with E-state index in [-0.39, 0.29) is 6.04 Å². The van der Waals surface area contributed by atoms with Crippen LogP contribution in [0.25, 0.3) is 10.9 Å². The number of carbonyl (C=O) groups excluding carboxylic acids is 1. The molecule has 3 rings (SSSR count). The van der Waals surface area contributed by atoms with Gasteiger partial charge in [-0.2, -0.15) is 5.10 Å². The van der Waals surface area contributed by atoms with Crippen LogP contribution in [0.4, 0.5) is 0 Å². The molecule has 15 heavy (non-hydrogen) atoms. The molecule has 2 aromatic rings. The first kappa shape index (κ1) is 9.03. The normalized spacial score (nSPS) is 17.0. The van der Waals surface area contributed by atoms with Crippen LogP contribution in [0.15, 0.2) is 23.1 Å². The SMILES string of the molecule is O=C1CC(n2nc(Br)c3cnccc32)C1.